The standard InChI is InChI=1S/C12H10O4/c1-14-11(13)6-5-9-3-2-4-10-12(9)16-8-7-15-10/h2-4H,7-8H2,1H3. The van der Waals surface area contributed by atoms with Crippen LogP contribution in [-0.4, -0.2) is 26.3 Å². The van der Waals surface area contributed by atoms with Crippen LogP contribution < -0.4 is 9.47 Å². The minimum atomic E-state index is -0.575. The summed E-state index contributed by atoms with van der Waals surface area (Å²) in [5.41, 5.74) is 0.627. The van der Waals surface area contributed by atoms with Gasteiger partial charge in [0.1, 0.15) is 13.2 Å². The first-order chi connectivity index (χ1) is 7.81. The molecule has 1 aliphatic rings. The topological polar surface area (TPSA) is 44.8 Å². The fraction of sp³-hybridized carbons (Fsp3) is 0.250. The Morgan fingerprint density at radius 3 is 3.00 bits per heavy atom. The number of methoxy groups -OCH3 is 1. The lowest BCUT2D eigenvalue weighted by Gasteiger charge is -2.18. The molecule has 0 saturated heterocycles. The number of rotatable bonds is 0. The highest BCUT2D eigenvalue weighted by Crippen LogP contribution is 2.32. The summed E-state index contributed by atoms with van der Waals surface area (Å²) in [6.45, 7) is 1.02. The molecule has 1 aliphatic heterocycles. The maximum absolute atomic E-state index is 10.9. The number of carbonyl (C=O) groups excluding carboxylic acids is 1. The number of carbonyl (C=O) groups is 1. The van der Waals surface area contributed by atoms with E-state index in [-0.39, 0.29) is 0 Å². The quantitative estimate of drug-likeness (QED) is 0.481. The molecule has 0 aliphatic carbocycles. The van der Waals surface area contributed by atoms with Gasteiger partial charge in [-0.1, -0.05) is 12.0 Å². The molecule has 0 N–H and O–H groups in total. The Hall–Kier alpha value is -2.15. The highest BCUT2D eigenvalue weighted by Gasteiger charge is 2.14. The van der Waals surface area contributed by atoms with Crippen LogP contribution in [0.5, 0.6) is 11.5 Å². The van der Waals surface area contributed by atoms with Crippen LogP contribution in [0.25, 0.3) is 0 Å². The SMILES string of the molecule is COC(=O)C#Cc1cccc2c1OCCO2. The van der Waals surface area contributed by atoms with Crippen molar-refractivity contribution in [1.29, 1.82) is 0 Å². The van der Waals surface area contributed by atoms with Gasteiger partial charge in [-0.15, -0.1) is 0 Å². The van der Waals surface area contributed by atoms with Gasteiger partial charge in [0.2, 0.25) is 0 Å². The Balaban J connectivity index is 2.33. The van der Waals surface area contributed by atoms with Gasteiger partial charge >= 0.3 is 5.97 Å². The molecule has 1 aromatic rings. The third-order valence-corrected chi connectivity index (χ3v) is 2.05. The summed E-state index contributed by atoms with van der Waals surface area (Å²) in [6, 6.07) is 5.37. The predicted octanol–water partition coefficient (Wildman–Crippen LogP) is 0.982. The lowest BCUT2D eigenvalue weighted by molar-refractivity contribution is -0.133. The highest BCUT2D eigenvalue weighted by molar-refractivity contribution is 5.89. The van der Waals surface area contributed by atoms with Gasteiger partial charge in [-0.3, -0.25) is 0 Å². The summed E-state index contributed by atoms with van der Waals surface area (Å²) >= 11 is 0. The van der Waals surface area contributed by atoms with Crippen LogP contribution in [0.15, 0.2) is 18.2 Å². The Morgan fingerprint density at radius 2 is 2.19 bits per heavy atom. The number of esters is 1. The van der Waals surface area contributed by atoms with Crippen LogP contribution in [0, 0.1) is 11.8 Å². The normalized spacial score (nSPS) is 12.3. The van der Waals surface area contributed by atoms with Gasteiger partial charge in [-0.05, 0) is 12.1 Å². The molecule has 1 heterocycles. The van der Waals surface area contributed by atoms with E-state index in [0.29, 0.717) is 30.3 Å². The van der Waals surface area contributed by atoms with Crippen molar-refractivity contribution >= 4 is 5.97 Å². The minimum Gasteiger partial charge on any atom is -0.486 e. The molecule has 82 valence electrons. The molecule has 0 atom stereocenters. The summed E-state index contributed by atoms with van der Waals surface area (Å²) in [5.74, 6) is 5.71. The van der Waals surface area contributed by atoms with E-state index in [1.54, 1.807) is 18.2 Å². The molecule has 1 aromatic carbocycles. The van der Waals surface area contributed by atoms with Crippen LogP contribution in [0.3, 0.4) is 0 Å². The number of fused-ring (bicyclic) bond motifs is 1. The third-order valence-electron chi connectivity index (χ3n) is 2.05. The number of benzene rings is 1. The van der Waals surface area contributed by atoms with E-state index in [1.807, 2.05) is 0 Å². The van der Waals surface area contributed by atoms with Gasteiger partial charge in [0, 0.05) is 5.92 Å². The van der Waals surface area contributed by atoms with Crippen LogP contribution in [0.4, 0.5) is 0 Å². The molecular formula is C12H10O4. The van der Waals surface area contributed by atoms with Gasteiger partial charge in [0.05, 0.1) is 12.7 Å². The van der Waals surface area contributed by atoms with Crippen LogP contribution in [0.1, 0.15) is 5.56 Å². The molecule has 0 radical (unpaired) electrons. The Bertz CT molecular complexity index is 468. The zero-order valence-corrected chi connectivity index (χ0v) is 8.78. The van der Waals surface area contributed by atoms with Crippen LogP contribution in [0.2, 0.25) is 0 Å². The zero-order valence-electron chi connectivity index (χ0n) is 8.78. The van der Waals surface area contributed by atoms with Crippen molar-refractivity contribution < 1.29 is 19.0 Å². The van der Waals surface area contributed by atoms with Crippen molar-refractivity contribution in [2.75, 3.05) is 20.3 Å². The lowest BCUT2D eigenvalue weighted by Crippen LogP contribution is -2.16. The number of ether oxygens (including phenoxy) is 3. The second-order valence-electron chi connectivity index (χ2n) is 3.07. The molecule has 0 fully saturated rings. The van der Waals surface area contributed by atoms with Crippen molar-refractivity contribution in [3.05, 3.63) is 23.8 Å². The number of hydrogen-bond donors (Lipinski definition) is 0. The molecular weight excluding hydrogens is 208 g/mol. The molecule has 4 heteroatoms. The fourth-order valence-electron chi connectivity index (χ4n) is 1.34. The van der Waals surface area contributed by atoms with Gasteiger partial charge in [0.25, 0.3) is 0 Å². The van der Waals surface area contributed by atoms with E-state index >= 15 is 0 Å². The van der Waals surface area contributed by atoms with Crippen molar-refractivity contribution in [1.82, 2.24) is 0 Å². The molecule has 4 nitrogen and oxygen atoms in total. The van der Waals surface area contributed by atoms with Gasteiger partial charge < -0.3 is 14.2 Å². The fourth-order valence-corrected chi connectivity index (χ4v) is 1.34. The molecule has 2 rings (SSSR count). The molecule has 0 saturated carbocycles. The van der Waals surface area contributed by atoms with E-state index < -0.39 is 5.97 Å². The van der Waals surface area contributed by atoms with Crippen molar-refractivity contribution in [2.45, 2.75) is 0 Å². The van der Waals surface area contributed by atoms with Crippen molar-refractivity contribution in [2.24, 2.45) is 0 Å². The molecule has 0 bridgehead atoms. The van der Waals surface area contributed by atoms with Gasteiger partial charge in [0.15, 0.2) is 11.5 Å². The largest absolute Gasteiger partial charge is 0.486 e. The highest BCUT2D eigenvalue weighted by atomic mass is 16.6. The lowest BCUT2D eigenvalue weighted by atomic mass is 10.2. The Kier molecular flexibility index (Phi) is 2.97. The minimum absolute atomic E-state index is 0.490. The van der Waals surface area contributed by atoms with E-state index in [1.165, 1.54) is 7.11 Å². The first-order valence-corrected chi connectivity index (χ1v) is 4.80. The average Bonchev–Trinajstić information content (AvgIpc) is 2.35. The van der Waals surface area contributed by atoms with E-state index in [4.69, 9.17) is 9.47 Å². The first kappa shape index (κ1) is 10.4. The van der Waals surface area contributed by atoms with E-state index in [0.717, 1.165) is 0 Å². The first-order valence-electron chi connectivity index (χ1n) is 4.80. The van der Waals surface area contributed by atoms with Crippen molar-refractivity contribution in [3.8, 4) is 23.3 Å². The maximum Gasteiger partial charge on any atom is 0.384 e. The Labute approximate surface area is 93.1 Å². The summed E-state index contributed by atoms with van der Waals surface area (Å²) in [7, 11) is 1.29. The zero-order chi connectivity index (χ0) is 11.4. The van der Waals surface area contributed by atoms with E-state index in [9.17, 15) is 4.79 Å². The maximum atomic E-state index is 10.9. The smallest absolute Gasteiger partial charge is 0.384 e. The molecule has 0 spiro atoms. The summed E-state index contributed by atoms with van der Waals surface area (Å²) < 4.78 is 15.3. The van der Waals surface area contributed by atoms with E-state index in [2.05, 4.69) is 16.6 Å². The average molecular weight is 218 g/mol. The van der Waals surface area contributed by atoms with Crippen LogP contribution >= 0.6 is 0 Å². The summed E-state index contributed by atoms with van der Waals surface area (Å²) in [6.07, 6.45) is 0. The third kappa shape index (κ3) is 2.09. The second kappa shape index (κ2) is 4.58. The predicted molar refractivity (Wildman–Crippen MR) is 56.3 cm³/mol. The second-order valence-corrected chi connectivity index (χ2v) is 3.07. The molecule has 0 amide bonds. The molecule has 0 aromatic heterocycles. The summed E-state index contributed by atoms with van der Waals surface area (Å²) in [5, 5.41) is 0. The van der Waals surface area contributed by atoms with Gasteiger partial charge in [-0.25, -0.2) is 4.79 Å². The monoisotopic (exact) mass is 218 g/mol. The molecule has 16 heavy (non-hydrogen) atoms. The van der Waals surface area contributed by atoms with Crippen LogP contribution in [-0.2, 0) is 9.53 Å². The van der Waals surface area contributed by atoms with Gasteiger partial charge in [-0.2, -0.15) is 0 Å². The summed E-state index contributed by atoms with van der Waals surface area (Å²) in [4.78, 5) is 10.9. The number of para-hydroxylation sites is 1. The number of hydrogen-bond acceptors (Lipinski definition) is 4. The molecule has 0 unspecified atom stereocenters. The Morgan fingerprint density at radius 1 is 1.38 bits per heavy atom. The van der Waals surface area contributed by atoms with Crippen molar-refractivity contribution in [3.63, 3.8) is 0 Å².